The van der Waals surface area contributed by atoms with Crippen LogP contribution in [0.25, 0.3) is 0 Å². The van der Waals surface area contributed by atoms with E-state index in [2.05, 4.69) is 4.72 Å². The third kappa shape index (κ3) is 4.04. The molecule has 1 unspecified atom stereocenters. The highest BCUT2D eigenvalue weighted by Gasteiger charge is 2.36. The van der Waals surface area contributed by atoms with E-state index in [4.69, 9.17) is 0 Å². The molecule has 1 aromatic carbocycles. The first-order valence-corrected chi connectivity index (χ1v) is 8.17. The van der Waals surface area contributed by atoms with Gasteiger partial charge in [0, 0.05) is 0 Å². The van der Waals surface area contributed by atoms with E-state index in [0.29, 0.717) is 11.1 Å². The molecule has 1 rings (SSSR count). The molecule has 0 aliphatic heterocycles. The molecule has 0 amide bonds. The maximum atomic E-state index is 12.6. The van der Waals surface area contributed by atoms with Gasteiger partial charge in [-0.1, -0.05) is 38.5 Å². The third-order valence-corrected chi connectivity index (χ3v) is 4.99. The van der Waals surface area contributed by atoms with Crippen molar-refractivity contribution >= 4 is 16.0 Å². The van der Waals surface area contributed by atoms with Gasteiger partial charge < -0.3 is 5.11 Å². The minimum atomic E-state index is -3.90. The number of hydrogen-bond donors (Lipinski definition) is 2. The lowest BCUT2D eigenvalue weighted by molar-refractivity contribution is -0.141. The molecule has 0 saturated carbocycles. The van der Waals surface area contributed by atoms with Crippen molar-refractivity contribution in [3.05, 3.63) is 28.8 Å². The lowest BCUT2D eigenvalue weighted by atomic mass is 9.88. The monoisotopic (exact) mass is 313 g/mol. The number of benzene rings is 1. The smallest absolute Gasteiger partial charge is 0.322 e. The summed E-state index contributed by atoms with van der Waals surface area (Å²) in [5.74, 6) is -1.19. The van der Waals surface area contributed by atoms with E-state index in [1.54, 1.807) is 46.8 Å². The summed E-state index contributed by atoms with van der Waals surface area (Å²) in [6.07, 6.45) is 0. The summed E-state index contributed by atoms with van der Waals surface area (Å²) in [6, 6.07) is 2.35. The zero-order chi connectivity index (χ0) is 16.6. The first kappa shape index (κ1) is 17.7. The van der Waals surface area contributed by atoms with Gasteiger partial charge in [0.2, 0.25) is 10.0 Å². The number of aliphatic carboxylic acids is 1. The summed E-state index contributed by atoms with van der Waals surface area (Å²) in [5.41, 5.74) is 1.46. The topological polar surface area (TPSA) is 83.5 Å². The Morgan fingerprint density at radius 2 is 1.57 bits per heavy atom. The molecule has 5 nitrogen and oxygen atoms in total. The van der Waals surface area contributed by atoms with E-state index >= 15 is 0 Å². The summed E-state index contributed by atoms with van der Waals surface area (Å²) in [7, 11) is -3.90. The van der Waals surface area contributed by atoms with Crippen LogP contribution in [0.1, 0.15) is 37.5 Å². The second kappa shape index (κ2) is 5.77. The Morgan fingerprint density at radius 3 is 1.90 bits per heavy atom. The van der Waals surface area contributed by atoms with Crippen LogP contribution in [0.3, 0.4) is 0 Å². The van der Waals surface area contributed by atoms with Crippen LogP contribution < -0.4 is 4.72 Å². The molecule has 1 aromatic rings. The van der Waals surface area contributed by atoms with Crippen molar-refractivity contribution in [1.29, 1.82) is 0 Å². The van der Waals surface area contributed by atoms with Crippen molar-refractivity contribution in [1.82, 2.24) is 4.72 Å². The Bertz CT molecular complexity index is 634. The van der Waals surface area contributed by atoms with Crippen molar-refractivity contribution in [3.8, 4) is 0 Å². The van der Waals surface area contributed by atoms with E-state index in [1.807, 2.05) is 6.92 Å². The molecule has 0 bridgehead atoms. The van der Waals surface area contributed by atoms with Gasteiger partial charge in [-0.25, -0.2) is 8.42 Å². The van der Waals surface area contributed by atoms with Crippen molar-refractivity contribution in [2.45, 2.75) is 52.5 Å². The zero-order valence-corrected chi connectivity index (χ0v) is 14.1. The van der Waals surface area contributed by atoms with Crippen LogP contribution in [0.2, 0.25) is 0 Å². The van der Waals surface area contributed by atoms with Crippen LogP contribution >= 0.6 is 0 Å². The quantitative estimate of drug-likeness (QED) is 0.894. The first-order valence-electron chi connectivity index (χ1n) is 6.69. The number of sulfonamides is 1. The summed E-state index contributed by atoms with van der Waals surface area (Å²) >= 11 is 0. The van der Waals surface area contributed by atoms with Crippen LogP contribution in [0.15, 0.2) is 17.0 Å². The van der Waals surface area contributed by atoms with Gasteiger partial charge in [0.1, 0.15) is 6.04 Å². The molecule has 0 spiro atoms. The number of carbonyl (C=O) groups is 1. The lowest BCUT2D eigenvalue weighted by Crippen LogP contribution is -2.49. The SMILES string of the molecule is Cc1cc(C)c(S(=O)(=O)NC(C(=O)O)C(C)(C)C)c(C)c1. The number of nitrogens with one attached hydrogen (secondary N) is 1. The van der Waals surface area contributed by atoms with Crippen LogP contribution in [0.5, 0.6) is 0 Å². The standard InChI is InChI=1S/C15H23NO4S/c1-9-7-10(2)12(11(3)8-9)21(19,20)16-13(14(17)18)15(4,5)6/h7-8,13,16H,1-6H3,(H,17,18). The fourth-order valence-corrected chi connectivity index (χ4v) is 4.25. The Hall–Kier alpha value is -1.40. The maximum absolute atomic E-state index is 12.6. The molecule has 0 aliphatic rings. The fourth-order valence-electron chi connectivity index (χ4n) is 2.40. The molecule has 118 valence electrons. The summed E-state index contributed by atoms with van der Waals surface area (Å²) < 4.78 is 27.5. The average molecular weight is 313 g/mol. The molecule has 0 radical (unpaired) electrons. The normalized spacial score (nSPS) is 14.0. The van der Waals surface area contributed by atoms with Crippen LogP contribution in [0, 0.1) is 26.2 Å². The number of rotatable bonds is 4. The van der Waals surface area contributed by atoms with Crippen molar-refractivity contribution in [2.75, 3.05) is 0 Å². The largest absolute Gasteiger partial charge is 0.480 e. The van der Waals surface area contributed by atoms with Crippen molar-refractivity contribution < 1.29 is 18.3 Å². The van der Waals surface area contributed by atoms with Crippen molar-refractivity contribution in [2.24, 2.45) is 5.41 Å². The molecule has 1 atom stereocenters. The van der Waals surface area contributed by atoms with Gasteiger partial charge in [-0.05, 0) is 37.3 Å². The molecule has 6 heteroatoms. The summed E-state index contributed by atoms with van der Waals surface area (Å²) in [5, 5.41) is 9.27. The molecular weight excluding hydrogens is 290 g/mol. The van der Waals surface area contributed by atoms with E-state index < -0.39 is 27.4 Å². The molecular formula is C15H23NO4S. The van der Waals surface area contributed by atoms with Crippen LogP contribution in [-0.4, -0.2) is 25.5 Å². The van der Waals surface area contributed by atoms with Gasteiger partial charge in [0.15, 0.2) is 0 Å². The van der Waals surface area contributed by atoms with Gasteiger partial charge >= 0.3 is 5.97 Å². The Morgan fingerprint density at radius 1 is 1.14 bits per heavy atom. The molecule has 0 aliphatic carbocycles. The highest BCUT2D eigenvalue weighted by Crippen LogP contribution is 2.25. The minimum absolute atomic E-state index is 0.156. The zero-order valence-electron chi connectivity index (χ0n) is 13.3. The minimum Gasteiger partial charge on any atom is -0.480 e. The number of hydrogen-bond acceptors (Lipinski definition) is 3. The lowest BCUT2D eigenvalue weighted by Gasteiger charge is -2.28. The predicted octanol–water partition coefficient (Wildman–Crippen LogP) is 2.39. The van der Waals surface area contributed by atoms with Crippen LogP contribution in [-0.2, 0) is 14.8 Å². The van der Waals surface area contributed by atoms with Gasteiger partial charge in [-0.2, -0.15) is 4.72 Å². The van der Waals surface area contributed by atoms with Gasteiger partial charge in [-0.3, -0.25) is 4.79 Å². The molecule has 0 fully saturated rings. The molecule has 0 saturated heterocycles. The number of aryl methyl sites for hydroxylation is 3. The van der Waals surface area contributed by atoms with Gasteiger partial charge in [0.25, 0.3) is 0 Å². The summed E-state index contributed by atoms with van der Waals surface area (Å²) in [6.45, 7) is 10.4. The van der Waals surface area contributed by atoms with Gasteiger partial charge in [0.05, 0.1) is 4.90 Å². The number of carboxylic acid groups (broad SMARTS) is 1. The van der Waals surface area contributed by atoms with Crippen molar-refractivity contribution in [3.63, 3.8) is 0 Å². The van der Waals surface area contributed by atoms with E-state index in [0.717, 1.165) is 5.56 Å². The fraction of sp³-hybridized carbons (Fsp3) is 0.533. The van der Waals surface area contributed by atoms with E-state index in [-0.39, 0.29) is 4.90 Å². The second-order valence-electron chi connectivity index (χ2n) is 6.49. The highest BCUT2D eigenvalue weighted by molar-refractivity contribution is 7.89. The average Bonchev–Trinajstić information content (AvgIpc) is 2.21. The Balaban J connectivity index is 3.33. The second-order valence-corrected chi connectivity index (χ2v) is 8.14. The van der Waals surface area contributed by atoms with Gasteiger partial charge in [-0.15, -0.1) is 0 Å². The third-order valence-electron chi connectivity index (χ3n) is 3.26. The Kier molecular flexibility index (Phi) is 4.85. The molecule has 0 aromatic heterocycles. The number of carboxylic acids is 1. The predicted molar refractivity (Wildman–Crippen MR) is 81.9 cm³/mol. The van der Waals surface area contributed by atoms with E-state index in [1.165, 1.54) is 0 Å². The molecule has 0 heterocycles. The van der Waals surface area contributed by atoms with Crippen LogP contribution in [0.4, 0.5) is 0 Å². The molecule has 21 heavy (non-hydrogen) atoms. The maximum Gasteiger partial charge on any atom is 0.322 e. The Labute approximate surface area is 126 Å². The molecule has 2 N–H and O–H groups in total. The van der Waals surface area contributed by atoms with E-state index in [9.17, 15) is 18.3 Å². The summed E-state index contributed by atoms with van der Waals surface area (Å²) in [4.78, 5) is 11.5. The highest BCUT2D eigenvalue weighted by atomic mass is 32.2. The first-order chi connectivity index (χ1) is 9.36.